The number of piperazine rings is 1. The van der Waals surface area contributed by atoms with Crippen LogP contribution in [0.5, 0.6) is 0 Å². The lowest BCUT2D eigenvalue weighted by Crippen LogP contribution is -2.57. The SMILES string of the molecule is CCN1CCN(Cc2ccc(CNC(=NC)N3CCS(=O)(=O)C(C)(C)C3)cc2)CC1.I. The number of sulfone groups is 1. The summed E-state index contributed by atoms with van der Waals surface area (Å²) in [7, 11) is -1.31. The lowest BCUT2D eigenvalue weighted by atomic mass is 10.1. The summed E-state index contributed by atoms with van der Waals surface area (Å²) in [4.78, 5) is 11.4. The maximum atomic E-state index is 12.3. The number of guanidine groups is 1. The number of hydrogen-bond acceptors (Lipinski definition) is 5. The van der Waals surface area contributed by atoms with Crippen LogP contribution in [0.2, 0.25) is 0 Å². The van der Waals surface area contributed by atoms with Gasteiger partial charge in [-0.2, -0.15) is 0 Å². The highest BCUT2D eigenvalue weighted by atomic mass is 127. The number of hydrogen-bond donors (Lipinski definition) is 1. The molecule has 2 heterocycles. The van der Waals surface area contributed by atoms with Crippen molar-refractivity contribution < 1.29 is 8.42 Å². The van der Waals surface area contributed by atoms with Gasteiger partial charge >= 0.3 is 0 Å². The fourth-order valence-corrected chi connectivity index (χ4v) is 5.49. The van der Waals surface area contributed by atoms with Crippen LogP contribution >= 0.6 is 24.0 Å². The lowest BCUT2D eigenvalue weighted by Gasteiger charge is -2.39. The fourth-order valence-electron chi connectivity index (χ4n) is 4.12. The Morgan fingerprint density at radius 1 is 1.03 bits per heavy atom. The number of nitrogens with zero attached hydrogens (tertiary/aromatic N) is 4. The van der Waals surface area contributed by atoms with Crippen molar-refractivity contribution in [2.45, 2.75) is 38.6 Å². The van der Waals surface area contributed by atoms with Gasteiger partial charge in [0.1, 0.15) is 0 Å². The van der Waals surface area contributed by atoms with Gasteiger partial charge < -0.3 is 15.1 Å². The summed E-state index contributed by atoms with van der Waals surface area (Å²) in [5.74, 6) is 0.929. The van der Waals surface area contributed by atoms with Gasteiger partial charge in [0, 0.05) is 59.4 Å². The molecule has 1 aromatic carbocycles. The second kappa shape index (κ2) is 11.3. The van der Waals surface area contributed by atoms with Gasteiger partial charge in [0.15, 0.2) is 15.8 Å². The van der Waals surface area contributed by atoms with Gasteiger partial charge in [-0.1, -0.05) is 31.2 Å². The van der Waals surface area contributed by atoms with Gasteiger partial charge in [-0.05, 0) is 31.5 Å². The molecule has 2 fully saturated rings. The fraction of sp³-hybridized carbons (Fsp3) is 0.682. The number of halogens is 1. The van der Waals surface area contributed by atoms with E-state index < -0.39 is 14.6 Å². The third-order valence-electron chi connectivity index (χ3n) is 6.35. The van der Waals surface area contributed by atoms with Crippen molar-refractivity contribution >= 4 is 39.8 Å². The van der Waals surface area contributed by atoms with Crippen molar-refractivity contribution in [3.8, 4) is 0 Å². The third kappa shape index (κ3) is 6.79. The van der Waals surface area contributed by atoms with E-state index in [2.05, 4.69) is 51.3 Å². The Balaban J connectivity index is 0.00000341. The van der Waals surface area contributed by atoms with Crippen LogP contribution in [-0.2, 0) is 22.9 Å². The smallest absolute Gasteiger partial charge is 0.193 e. The van der Waals surface area contributed by atoms with E-state index in [1.807, 2.05) is 4.90 Å². The molecule has 0 atom stereocenters. The highest BCUT2D eigenvalue weighted by Gasteiger charge is 2.40. The zero-order valence-corrected chi connectivity index (χ0v) is 22.4. The van der Waals surface area contributed by atoms with Crippen LogP contribution in [0.25, 0.3) is 0 Å². The standard InChI is InChI=1S/C22H37N5O2S.HI/c1-5-25-10-12-26(13-11-25)17-20-8-6-19(7-9-20)16-24-21(23-4)27-14-15-30(28,29)22(2,3)18-27;/h6-9H,5,10-18H2,1-4H3,(H,23,24);1H. The molecule has 0 unspecified atom stereocenters. The molecule has 2 aliphatic heterocycles. The molecule has 0 aliphatic carbocycles. The molecule has 31 heavy (non-hydrogen) atoms. The van der Waals surface area contributed by atoms with Crippen LogP contribution in [0.3, 0.4) is 0 Å². The van der Waals surface area contributed by atoms with Crippen molar-refractivity contribution in [2.75, 3.05) is 58.6 Å². The highest BCUT2D eigenvalue weighted by Crippen LogP contribution is 2.23. The van der Waals surface area contributed by atoms with Crippen molar-refractivity contribution in [2.24, 2.45) is 4.99 Å². The van der Waals surface area contributed by atoms with E-state index in [1.54, 1.807) is 20.9 Å². The van der Waals surface area contributed by atoms with Crippen molar-refractivity contribution in [1.82, 2.24) is 20.0 Å². The minimum absolute atomic E-state index is 0. The molecule has 176 valence electrons. The van der Waals surface area contributed by atoms with E-state index in [9.17, 15) is 8.42 Å². The normalized spacial score (nSPS) is 22.1. The quantitative estimate of drug-likeness (QED) is 0.336. The third-order valence-corrected chi connectivity index (χ3v) is 8.88. The van der Waals surface area contributed by atoms with E-state index >= 15 is 0 Å². The van der Waals surface area contributed by atoms with E-state index in [0.29, 0.717) is 19.6 Å². The second-order valence-electron chi connectivity index (χ2n) is 8.93. The van der Waals surface area contributed by atoms with E-state index in [1.165, 1.54) is 11.1 Å². The molecule has 1 aromatic rings. The molecule has 0 bridgehead atoms. The molecule has 0 radical (unpaired) electrons. The van der Waals surface area contributed by atoms with E-state index in [0.717, 1.165) is 45.2 Å². The zero-order valence-electron chi connectivity index (χ0n) is 19.3. The van der Waals surface area contributed by atoms with Crippen molar-refractivity contribution in [1.29, 1.82) is 0 Å². The summed E-state index contributed by atoms with van der Waals surface area (Å²) in [5.41, 5.74) is 2.54. The van der Waals surface area contributed by atoms with Gasteiger partial charge in [0.2, 0.25) is 0 Å². The Labute approximate surface area is 205 Å². The largest absolute Gasteiger partial charge is 0.352 e. The summed E-state index contributed by atoms with van der Waals surface area (Å²) in [6, 6.07) is 8.76. The number of aliphatic imine (C=N–C) groups is 1. The van der Waals surface area contributed by atoms with E-state index in [4.69, 9.17) is 0 Å². The first-order valence-electron chi connectivity index (χ1n) is 10.9. The molecular weight excluding hydrogens is 525 g/mol. The number of rotatable bonds is 5. The Bertz CT molecular complexity index is 834. The minimum atomic E-state index is -3.06. The highest BCUT2D eigenvalue weighted by molar-refractivity contribution is 14.0. The van der Waals surface area contributed by atoms with Crippen LogP contribution in [0, 0.1) is 0 Å². The first-order chi connectivity index (χ1) is 14.2. The van der Waals surface area contributed by atoms with Gasteiger partial charge in [0.05, 0.1) is 10.5 Å². The summed E-state index contributed by atoms with van der Waals surface area (Å²) < 4.78 is 23.7. The lowest BCUT2D eigenvalue weighted by molar-refractivity contribution is 0.132. The zero-order chi connectivity index (χ0) is 21.8. The average Bonchev–Trinajstić information content (AvgIpc) is 2.73. The average molecular weight is 564 g/mol. The summed E-state index contributed by atoms with van der Waals surface area (Å²) in [5, 5.41) is 3.40. The molecule has 3 rings (SSSR count). The minimum Gasteiger partial charge on any atom is -0.352 e. The van der Waals surface area contributed by atoms with Gasteiger partial charge in [0.25, 0.3) is 0 Å². The molecule has 0 aromatic heterocycles. The van der Waals surface area contributed by atoms with Crippen molar-refractivity contribution in [3.05, 3.63) is 35.4 Å². The first kappa shape index (κ1) is 26.3. The molecule has 1 N–H and O–H groups in total. The number of benzene rings is 1. The molecule has 7 nitrogen and oxygen atoms in total. The van der Waals surface area contributed by atoms with Crippen LogP contribution in [0.15, 0.2) is 29.3 Å². The topological polar surface area (TPSA) is 68.2 Å². The van der Waals surface area contributed by atoms with E-state index in [-0.39, 0.29) is 29.7 Å². The van der Waals surface area contributed by atoms with Gasteiger partial charge in [-0.25, -0.2) is 8.42 Å². The second-order valence-corrected chi connectivity index (χ2v) is 11.7. The monoisotopic (exact) mass is 563 g/mol. The predicted octanol–water partition coefficient (Wildman–Crippen LogP) is 2.03. The van der Waals surface area contributed by atoms with Crippen LogP contribution in [0.4, 0.5) is 0 Å². The molecule has 9 heteroatoms. The van der Waals surface area contributed by atoms with Crippen LogP contribution in [0.1, 0.15) is 31.9 Å². The molecule has 0 saturated carbocycles. The van der Waals surface area contributed by atoms with Gasteiger partial charge in [-0.15, -0.1) is 24.0 Å². The maximum absolute atomic E-state index is 12.3. The molecule has 0 amide bonds. The van der Waals surface area contributed by atoms with Crippen molar-refractivity contribution in [3.63, 3.8) is 0 Å². The summed E-state index contributed by atoms with van der Waals surface area (Å²) >= 11 is 0. The van der Waals surface area contributed by atoms with Crippen LogP contribution < -0.4 is 5.32 Å². The van der Waals surface area contributed by atoms with Crippen LogP contribution in [-0.4, -0.2) is 92.4 Å². The number of nitrogens with one attached hydrogen (secondary N) is 1. The molecule has 2 saturated heterocycles. The molecule has 0 spiro atoms. The first-order valence-corrected chi connectivity index (χ1v) is 12.6. The van der Waals surface area contributed by atoms with Gasteiger partial charge in [-0.3, -0.25) is 9.89 Å². The maximum Gasteiger partial charge on any atom is 0.193 e. The Morgan fingerprint density at radius 3 is 2.16 bits per heavy atom. The summed E-state index contributed by atoms with van der Waals surface area (Å²) in [6.07, 6.45) is 0. The molecule has 2 aliphatic rings. The molecular formula is C22H38IN5O2S. The summed E-state index contributed by atoms with van der Waals surface area (Å²) in [6.45, 7) is 14.2. The predicted molar refractivity (Wildman–Crippen MR) is 139 cm³/mol. The Morgan fingerprint density at radius 2 is 1.61 bits per heavy atom. The number of likely N-dealkylation sites (N-methyl/N-ethyl adjacent to an activating group) is 1. The Kier molecular flexibility index (Phi) is 9.59. The Hall–Kier alpha value is -0.910.